The Kier molecular flexibility index (Phi) is 11.8. The van der Waals surface area contributed by atoms with Crippen LogP contribution in [0.4, 0.5) is 14.5 Å². The monoisotopic (exact) mass is 681 g/mol. The first-order valence-electron chi connectivity index (χ1n) is 15.7. The summed E-state index contributed by atoms with van der Waals surface area (Å²) in [7, 11) is 0. The van der Waals surface area contributed by atoms with Gasteiger partial charge in [-0.2, -0.15) is 0 Å². The van der Waals surface area contributed by atoms with E-state index >= 15 is 0 Å². The Morgan fingerprint density at radius 3 is 2.19 bits per heavy atom. The molecule has 0 aromatic heterocycles. The number of hydrogen-bond acceptors (Lipinski definition) is 8. The Bertz CT molecular complexity index is 1590. The SMILES string of the molecule is O=C(CNC(=O)COc1ccc([C@@H]2[C@@H](SCC(O)c3ccc(F)cc3)C(=O)N2c2ccc(F)cc2)cc1)C[C@@H](NC1CCCC1)C(=O)O. The molecule has 2 aliphatic rings. The lowest BCUT2D eigenvalue weighted by Crippen LogP contribution is -2.57. The Hall–Kier alpha value is -4.33. The van der Waals surface area contributed by atoms with Crippen molar-refractivity contribution in [2.24, 2.45) is 0 Å². The summed E-state index contributed by atoms with van der Waals surface area (Å²) in [5.74, 6) is -2.59. The maximum absolute atomic E-state index is 13.6. The normalized spacial score (nSPS) is 19.0. The quantitative estimate of drug-likeness (QED) is 0.162. The van der Waals surface area contributed by atoms with Crippen molar-refractivity contribution in [1.82, 2.24) is 10.6 Å². The summed E-state index contributed by atoms with van der Waals surface area (Å²) in [5, 5.41) is 25.1. The number of nitrogens with zero attached hydrogens (tertiary/aromatic N) is 1. The third kappa shape index (κ3) is 8.97. The molecule has 10 nitrogen and oxygen atoms in total. The number of benzene rings is 3. The van der Waals surface area contributed by atoms with E-state index in [0.29, 0.717) is 17.0 Å². The van der Waals surface area contributed by atoms with Gasteiger partial charge >= 0.3 is 5.97 Å². The smallest absolute Gasteiger partial charge is 0.321 e. The molecule has 0 bridgehead atoms. The summed E-state index contributed by atoms with van der Waals surface area (Å²) in [5.41, 5.74) is 1.78. The lowest BCUT2D eigenvalue weighted by Gasteiger charge is -2.47. The Labute approximate surface area is 280 Å². The van der Waals surface area contributed by atoms with Gasteiger partial charge < -0.3 is 30.5 Å². The largest absolute Gasteiger partial charge is 0.484 e. The number of aliphatic carboxylic acids is 1. The van der Waals surface area contributed by atoms with Crippen molar-refractivity contribution in [1.29, 1.82) is 0 Å². The molecular formula is C35H37F2N3O7S. The van der Waals surface area contributed by atoms with Crippen LogP contribution in [0.25, 0.3) is 0 Å². The average Bonchev–Trinajstić information content (AvgIpc) is 3.59. The molecule has 48 heavy (non-hydrogen) atoms. The van der Waals surface area contributed by atoms with Gasteiger partial charge in [-0.05, 0) is 72.5 Å². The number of halogens is 2. The molecule has 4 atom stereocenters. The minimum Gasteiger partial charge on any atom is -0.484 e. The molecule has 0 spiro atoms. The minimum atomic E-state index is -1.10. The van der Waals surface area contributed by atoms with Crippen molar-refractivity contribution in [3.05, 3.63) is 95.6 Å². The second-order valence-electron chi connectivity index (χ2n) is 11.9. The van der Waals surface area contributed by atoms with Gasteiger partial charge in [0.1, 0.15) is 28.7 Å². The first-order valence-corrected chi connectivity index (χ1v) is 16.8. The molecule has 4 N–H and O–H groups in total. The molecule has 1 unspecified atom stereocenters. The third-order valence-corrected chi connectivity index (χ3v) is 9.76. The maximum atomic E-state index is 13.6. The van der Waals surface area contributed by atoms with E-state index in [-0.39, 0.29) is 37.3 Å². The van der Waals surface area contributed by atoms with Crippen molar-refractivity contribution < 1.29 is 42.9 Å². The predicted octanol–water partition coefficient (Wildman–Crippen LogP) is 4.33. The minimum absolute atomic E-state index is 0.0782. The van der Waals surface area contributed by atoms with E-state index < -0.39 is 52.7 Å². The zero-order chi connectivity index (χ0) is 34.2. The van der Waals surface area contributed by atoms with Gasteiger partial charge in [-0.3, -0.25) is 19.2 Å². The van der Waals surface area contributed by atoms with E-state index in [9.17, 15) is 38.2 Å². The fourth-order valence-electron chi connectivity index (χ4n) is 5.87. The van der Waals surface area contributed by atoms with Gasteiger partial charge in [-0.15, -0.1) is 11.8 Å². The number of carbonyl (C=O) groups is 4. The molecule has 13 heteroatoms. The van der Waals surface area contributed by atoms with E-state index in [2.05, 4.69) is 10.6 Å². The van der Waals surface area contributed by atoms with Crippen LogP contribution >= 0.6 is 11.8 Å². The maximum Gasteiger partial charge on any atom is 0.321 e. The van der Waals surface area contributed by atoms with Crippen LogP contribution < -0.4 is 20.3 Å². The summed E-state index contributed by atoms with van der Waals surface area (Å²) in [4.78, 5) is 51.2. The second-order valence-corrected chi connectivity index (χ2v) is 13.0. The number of carbonyl (C=O) groups excluding carboxylic acids is 3. The van der Waals surface area contributed by atoms with Crippen molar-refractivity contribution in [3.8, 4) is 5.75 Å². The number of anilines is 1. The van der Waals surface area contributed by atoms with Gasteiger partial charge in [-0.1, -0.05) is 37.1 Å². The molecule has 2 fully saturated rings. The standard InChI is InChI=1S/C35H37F2N3O7S/c36-23-9-5-21(6-10-23)30(42)20-48-33-32(40(34(33)44)26-13-11-24(37)12-14-26)22-7-15-28(16-8-22)47-19-31(43)38-18-27(41)17-29(35(45)46)39-25-3-1-2-4-25/h5-16,25,29-30,32-33,39,42H,1-4,17-20H2,(H,38,43)(H,45,46)/t29-,30?,32-,33-/m1/s1. The Morgan fingerprint density at radius 1 is 0.938 bits per heavy atom. The van der Waals surface area contributed by atoms with Crippen LogP contribution in [0.3, 0.4) is 0 Å². The van der Waals surface area contributed by atoms with Gasteiger partial charge in [0.05, 0.1) is 18.7 Å². The molecule has 3 aromatic rings. The number of aliphatic hydroxyl groups is 1. The summed E-state index contributed by atoms with van der Waals surface area (Å²) in [6, 6.07) is 16.5. The van der Waals surface area contributed by atoms with Gasteiger partial charge in [0.15, 0.2) is 12.4 Å². The summed E-state index contributed by atoms with van der Waals surface area (Å²) < 4.78 is 32.5. The molecule has 1 aliphatic heterocycles. The van der Waals surface area contributed by atoms with Crippen LogP contribution in [0.15, 0.2) is 72.8 Å². The number of nitrogens with one attached hydrogen (secondary N) is 2. The number of ketones is 1. The number of rotatable bonds is 16. The number of amides is 2. The Balaban J connectivity index is 1.16. The van der Waals surface area contributed by atoms with Crippen molar-refractivity contribution >= 4 is 41.0 Å². The zero-order valence-corrected chi connectivity index (χ0v) is 26.8. The first-order chi connectivity index (χ1) is 23.1. The topological polar surface area (TPSA) is 145 Å². The number of Topliss-reactive ketones (excluding diaryl/α,β-unsaturated/α-hetero) is 1. The lowest BCUT2D eigenvalue weighted by atomic mass is 9.92. The van der Waals surface area contributed by atoms with Crippen molar-refractivity contribution in [2.75, 3.05) is 23.8 Å². The van der Waals surface area contributed by atoms with E-state index in [0.717, 1.165) is 31.2 Å². The molecule has 5 rings (SSSR count). The van der Waals surface area contributed by atoms with Crippen LogP contribution in [0.2, 0.25) is 0 Å². The fourth-order valence-corrected chi connectivity index (χ4v) is 7.17. The molecular weight excluding hydrogens is 644 g/mol. The van der Waals surface area contributed by atoms with Gasteiger partial charge in [0.25, 0.3) is 5.91 Å². The number of carboxylic acids is 1. The number of thioether (sulfide) groups is 1. The molecule has 1 aliphatic carbocycles. The lowest BCUT2D eigenvalue weighted by molar-refractivity contribution is -0.141. The first kappa shape index (κ1) is 35.0. The number of hydrogen-bond donors (Lipinski definition) is 4. The highest BCUT2D eigenvalue weighted by molar-refractivity contribution is 8.00. The van der Waals surface area contributed by atoms with E-state index in [1.54, 1.807) is 29.2 Å². The molecule has 2 amide bonds. The van der Waals surface area contributed by atoms with Crippen molar-refractivity contribution in [3.63, 3.8) is 0 Å². The van der Waals surface area contributed by atoms with Gasteiger partial charge in [0, 0.05) is 23.9 Å². The highest BCUT2D eigenvalue weighted by Crippen LogP contribution is 2.46. The average molecular weight is 682 g/mol. The van der Waals surface area contributed by atoms with E-state index in [1.165, 1.54) is 60.3 Å². The molecule has 0 radical (unpaired) electrons. The van der Waals surface area contributed by atoms with Crippen LogP contribution in [0, 0.1) is 11.6 Å². The van der Waals surface area contributed by atoms with Crippen LogP contribution in [0.1, 0.15) is 55.4 Å². The molecule has 1 saturated heterocycles. The zero-order valence-electron chi connectivity index (χ0n) is 26.0. The van der Waals surface area contributed by atoms with E-state index in [4.69, 9.17) is 4.74 Å². The predicted molar refractivity (Wildman–Crippen MR) is 176 cm³/mol. The number of aliphatic hydroxyl groups excluding tert-OH is 1. The fraction of sp³-hybridized carbons (Fsp3) is 0.371. The van der Waals surface area contributed by atoms with Gasteiger partial charge in [0.2, 0.25) is 5.91 Å². The van der Waals surface area contributed by atoms with Crippen LogP contribution in [-0.4, -0.2) is 70.0 Å². The number of β-lactam (4-membered cyclic amide) rings is 1. The summed E-state index contributed by atoms with van der Waals surface area (Å²) >= 11 is 1.26. The van der Waals surface area contributed by atoms with Crippen molar-refractivity contribution in [2.45, 2.75) is 61.6 Å². The number of ether oxygens (including phenoxy) is 1. The summed E-state index contributed by atoms with van der Waals surface area (Å²) in [6.07, 6.45) is 2.64. The van der Waals surface area contributed by atoms with E-state index in [1.807, 2.05) is 0 Å². The van der Waals surface area contributed by atoms with Crippen LogP contribution in [-0.2, 0) is 19.2 Å². The molecule has 3 aromatic carbocycles. The molecule has 1 saturated carbocycles. The number of carboxylic acid groups (broad SMARTS) is 1. The molecule has 1 heterocycles. The van der Waals surface area contributed by atoms with Gasteiger partial charge in [-0.25, -0.2) is 8.78 Å². The second kappa shape index (κ2) is 16.2. The summed E-state index contributed by atoms with van der Waals surface area (Å²) in [6.45, 7) is -0.695. The highest BCUT2D eigenvalue weighted by atomic mass is 32.2. The highest BCUT2D eigenvalue weighted by Gasteiger charge is 2.49. The third-order valence-electron chi connectivity index (χ3n) is 8.44. The van der Waals surface area contributed by atoms with Crippen LogP contribution in [0.5, 0.6) is 5.75 Å². The molecule has 254 valence electrons. The Morgan fingerprint density at radius 2 is 1.56 bits per heavy atom.